The number of carboxylic acids is 1. The number of para-hydroxylation sites is 3. The van der Waals surface area contributed by atoms with Crippen molar-refractivity contribution in [1.29, 1.82) is 0 Å². The first-order chi connectivity index (χ1) is 57.9. The topological polar surface area (TPSA) is 559 Å². The largest absolute Gasteiger partial charge is 0.480 e. The van der Waals surface area contributed by atoms with Crippen molar-refractivity contribution < 1.29 is 62.6 Å². The van der Waals surface area contributed by atoms with E-state index in [-0.39, 0.29) is 116 Å². The summed E-state index contributed by atoms with van der Waals surface area (Å²) in [6, 6.07) is 20.6. The summed E-state index contributed by atoms with van der Waals surface area (Å²) in [6.07, 6.45) is 20.4. The number of aromatic nitrogens is 14. The number of carbonyl (C=O) groups excluding carboxylic acids is 10. The monoisotopic (exact) mass is 1950 g/mol. The molecular weight excluding hydrogens is 1860 g/mol. The molecule has 38 nitrogen and oxygen atoms in total. The number of fused-ring (bicyclic) bond motifs is 3. The van der Waals surface area contributed by atoms with Gasteiger partial charge in [-0.25, -0.2) is 24.7 Å². The average molecular weight is 1950 g/mol. The number of amides is 9. The molecule has 4 fully saturated rings. The van der Waals surface area contributed by atoms with E-state index >= 15 is 0 Å². The van der Waals surface area contributed by atoms with Gasteiger partial charge in [0.2, 0.25) is 29.5 Å². The van der Waals surface area contributed by atoms with Crippen LogP contribution in [0.15, 0.2) is 141 Å². The molecule has 10 aromatic rings. The van der Waals surface area contributed by atoms with E-state index in [1.807, 2.05) is 0 Å². The summed E-state index contributed by atoms with van der Waals surface area (Å²) in [5.74, 6) is -1.17. The fourth-order valence-corrected chi connectivity index (χ4v) is 14.8. The first-order valence-electron chi connectivity index (χ1n) is 38.4. The van der Waals surface area contributed by atoms with Crippen LogP contribution < -0.4 is 49.9 Å². The number of Topliss-reactive ketones (excluding diaryl/α,β-unsaturated/α-hetero) is 1. The molecule has 4 aliphatic carbocycles. The second-order valence-electron chi connectivity index (χ2n) is 30.3. The van der Waals surface area contributed by atoms with Gasteiger partial charge in [-0.1, -0.05) is 68.4 Å². The normalized spacial score (nSPS) is 17.7. The number of carbonyl (C=O) groups is 11. The summed E-state index contributed by atoms with van der Waals surface area (Å²) < 4.78 is 11.6. The number of aliphatic carboxylic acids is 1. The van der Waals surface area contributed by atoms with Gasteiger partial charge in [-0.3, -0.25) is 81.9 Å². The van der Waals surface area contributed by atoms with Crippen LogP contribution in [-0.2, 0) is 64.4 Å². The van der Waals surface area contributed by atoms with Crippen molar-refractivity contribution in [1.82, 2.24) is 84.3 Å². The number of primary amides is 3. The van der Waals surface area contributed by atoms with E-state index in [2.05, 4.69) is 154 Å². The summed E-state index contributed by atoms with van der Waals surface area (Å²) in [5, 5.41) is 33.6. The van der Waals surface area contributed by atoms with Crippen LogP contribution in [-0.4, -0.2) is 204 Å². The Balaban J connectivity index is 0.000000180. The van der Waals surface area contributed by atoms with Gasteiger partial charge in [0, 0.05) is 59.0 Å². The lowest BCUT2D eigenvalue weighted by molar-refractivity contribution is -0.140. The van der Waals surface area contributed by atoms with Crippen molar-refractivity contribution in [2.24, 2.45) is 46.4 Å². The van der Waals surface area contributed by atoms with Gasteiger partial charge in [-0.15, -0.1) is 11.6 Å². The second-order valence-corrected chi connectivity index (χ2v) is 33.8. The molecule has 9 amide bonds. The highest BCUT2D eigenvalue weighted by Crippen LogP contribution is 2.36. The Labute approximate surface area is 738 Å². The number of nitrogens with zero attached hydrogens (tertiary/aromatic N) is 16. The summed E-state index contributed by atoms with van der Waals surface area (Å²) in [7, 11) is 0. The highest BCUT2D eigenvalue weighted by Gasteiger charge is 2.40. The molecule has 0 aliphatic heterocycles. The van der Waals surface area contributed by atoms with Gasteiger partial charge in [0.25, 0.3) is 17.7 Å². The Morgan fingerprint density at radius 2 is 0.877 bits per heavy atom. The molecule has 646 valence electrons. The predicted octanol–water partition coefficient (Wildman–Crippen LogP) is 8.41. The minimum Gasteiger partial charge on any atom is -0.480 e. The maximum absolute atomic E-state index is 13.5. The summed E-state index contributed by atoms with van der Waals surface area (Å²) >= 11 is 18.1. The van der Waals surface area contributed by atoms with Crippen LogP contribution in [0.2, 0.25) is 0 Å². The third-order valence-corrected chi connectivity index (χ3v) is 21.0. The lowest BCUT2D eigenvalue weighted by Gasteiger charge is -2.42. The van der Waals surface area contributed by atoms with E-state index in [4.69, 9.17) is 50.1 Å². The molecule has 14 rings (SSSR count). The molecule has 0 bridgehead atoms. The molecule has 43 heteroatoms. The number of alkyl halides is 1. The van der Waals surface area contributed by atoms with Crippen molar-refractivity contribution in [2.75, 3.05) is 34.9 Å². The van der Waals surface area contributed by atoms with Crippen molar-refractivity contribution in [3.05, 3.63) is 164 Å². The standard InChI is InChI=1S/C25H29BrN8O5.C20H21BrN8O3.C12H16BrN3O.C10H9N3O3.C7H6BrClN2O.C5H11N/c1-25(2,3)39-24(38)29-14-8-15(9-14)33(12-20(35)31-19-11-28-10-18(26)30-19)21(36)13-34-17-7-5-4-6-16(17)22(32-34)23(27)37;21-15-7-24-8-16(25-15)26-17(30)9-28(12-5-11(22)6-12)18(31)10-29-14-4-2-1-3-13(14)19(27-29)20(23)32;1-8-4-9(5-8)2-3-12(17)16-11-7-14-6-10(13)15-11;11-10(16)9-6-3-1-2-4-7(6)13(12-9)5-8(14)15;8-7-4-10-3-5(11-7)1-6(12)2-9;1-4-2-5(6)3-4/h4-7,10-11,14-15H,8-9,12-13H2,1-3H3,(H2,27,37)(H,29,38)(H,30,31,35);1-4,7-8,11-12H,5-6,9-10,22H2,(H2,23,32)(H,25,26,30);6-9H,2-5H2,1H3,(H,15,16,17);1-4H,5H2,(H2,11,16)(H,14,15);3-4H,1-2H2;4-5H,2-3,6H2,1H3. The Kier molecular flexibility index (Phi) is 34.5. The summed E-state index contributed by atoms with van der Waals surface area (Å²) in [5.41, 5.74) is 29.4. The molecular formula is C79H92Br4ClN25O13. The predicted molar refractivity (Wildman–Crippen MR) is 465 cm³/mol. The molecule has 0 radical (unpaired) electrons. The van der Waals surface area contributed by atoms with E-state index in [1.165, 1.54) is 74.3 Å². The molecule has 7 heterocycles. The van der Waals surface area contributed by atoms with Gasteiger partial charge in [0.1, 0.15) is 56.7 Å². The zero-order valence-corrected chi connectivity index (χ0v) is 74.1. The van der Waals surface area contributed by atoms with E-state index in [0.29, 0.717) is 101 Å². The number of alkyl carbamates (subject to hydrolysis) is 1. The lowest BCUT2D eigenvalue weighted by Crippen LogP contribution is -2.57. The average Bonchev–Trinajstić information content (AvgIpc) is 1.63. The molecule has 4 saturated carbocycles. The van der Waals surface area contributed by atoms with E-state index in [9.17, 15) is 52.7 Å². The number of benzene rings is 3. The molecule has 0 saturated heterocycles. The quantitative estimate of drug-likeness (QED) is 0.0240. The molecule has 7 aromatic heterocycles. The smallest absolute Gasteiger partial charge is 0.407 e. The van der Waals surface area contributed by atoms with Gasteiger partial charge in [-0.2, -0.15) is 15.3 Å². The minimum absolute atomic E-state index is 0.0127. The summed E-state index contributed by atoms with van der Waals surface area (Å²) in [6.45, 7) is 8.70. The number of nitrogens with one attached hydrogen (secondary N) is 4. The number of nitrogens with two attached hydrogens (primary N) is 5. The molecule has 122 heavy (non-hydrogen) atoms. The van der Waals surface area contributed by atoms with Crippen LogP contribution in [0.4, 0.5) is 22.2 Å². The van der Waals surface area contributed by atoms with Gasteiger partial charge < -0.3 is 69.6 Å². The molecule has 0 atom stereocenters. The fraction of sp³-hybridized carbons (Fsp3) is 0.392. The SMILES string of the molecule is CC(C)(C)OC(=O)NC1CC(N(CC(=O)Nc2cncc(Br)n2)C(=O)Cn2nc(C(N)=O)c3ccccc32)C1.CC1CC(CCC(=O)Nc2cncc(Br)n2)C1.CC1CC(N)C1.NC(=O)c1nn(CC(=O)N(CC(=O)Nc2cncc(Br)n2)C2CC(N)C2)c2ccccc12.NC(=O)c1nn(CC(=O)O)c2ccccc12.O=C(CCl)Cc1cncc(Br)n1. The number of rotatable bonds is 25. The van der Waals surface area contributed by atoms with Crippen LogP contribution in [0.5, 0.6) is 0 Å². The molecule has 3 aromatic carbocycles. The minimum atomic E-state index is -1.02. The number of anilines is 3. The molecule has 0 spiro atoms. The highest BCUT2D eigenvalue weighted by molar-refractivity contribution is 9.11. The van der Waals surface area contributed by atoms with E-state index in [0.717, 1.165) is 24.2 Å². The Morgan fingerprint density at radius 3 is 1.22 bits per heavy atom. The van der Waals surface area contributed by atoms with Crippen molar-refractivity contribution in [2.45, 2.75) is 161 Å². The molecule has 15 N–H and O–H groups in total. The van der Waals surface area contributed by atoms with E-state index < -0.39 is 53.1 Å². The number of halogens is 5. The van der Waals surface area contributed by atoms with Gasteiger partial charge in [-0.05, 0) is 178 Å². The Morgan fingerprint density at radius 1 is 0.508 bits per heavy atom. The van der Waals surface area contributed by atoms with E-state index in [1.54, 1.807) is 118 Å². The maximum Gasteiger partial charge on any atom is 0.407 e. The van der Waals surface area contributed by atoms with Crippen molar-refractivity contribution in [3.63, 3.8) is 0 Å². The van der Waals surface area contributed by atoms with Crippen molar-refractivity contribution in [3.8, 4) is 0 Å². The second kappa shape index (κ2) is 44.5. The van der Waals surface area contributed by atoms with Crippen LogP contribution >= 0.6 is 75.3 Å². The Hall–Kier alpha value is -11.3. The fourth-order valence-electron chi connectivity index (χ4n) is 13.4. The zero-order valence-electron chi connectivity index (χ0n) is 67.0. The number of carboxylic acid groups (broad SMARTS) is 1. The third-order valence-electron chi connectivity index (χ3n) is 19.1. The van der Waals surface area contributed by atoms with Gasteiger partial charge in [0.05, 0.1) is 77.9 Å². The van der Waals surface area contributed by atoms with Crippen LogP contribution in [0.25, 0.3) is 32.7 Å². The van der Waals surface area contributed by atoms with Crippen LogP contribution in [0.1, 0.15) is 136 Å². The molecule has 4 aliphatic rings. The van der Waals surface area contributed by atoms with Gasteiger partial charge in [0.15, 0.2) is 40.3 Å². The number of hydrogen-bond donors (Lipinski definition) is 10. The lowest BCUT2D eigenvalue weighted by atomic mass is 9.74. The number of ether oxygens (including phenoxy) is 1. The first-order valence-corrected chi connectivity index (χ1v) is 42.1. The zero-order chi connectivity index (χ0) is 88.6. The van der Waals surface area contributed by atoms with Gasteiger partial charge >= 0.3 is 12.1 Å². The van der Waals surface area contributed by atoms with Crippen molar-refractivity contribution >= 4 is 191 Å². The highest BCUT2D eigenvalue weighted by atomic mass is 79.9. The molecule has 0 unspecified atom stereocenters. The van der Waals surface area contributed by atoms with Crippen LogP contribution in [0.3, 0.4) is 0 Å². The maximum atomic E-state index is 13.5. The third kappa shape index (κ3) is 28.7. The Bertz CT molecular complexity index is 5410. The summed E-state index contributed by atoms with van der Waals surface area (Å²) in [4.78, 5) is 167. The first kappa shape index (κ1) is 94.5. The number of hydrogen-bond acceptors (Lipinski definition) is 25. The number of ketones is 1. The van der Waals surface area contributed by atoms with Crippen LogP contribution in [0, 0.1) is 17.8 Å².